The van der Waals surface area contributed by atoms with E-state index in [2.05, 4.69) is 37.4 Å². The fourth-order valence-corrected chi connectivity index (χ4v) is 2.04. The maximum Gasteiger partial charge on any atom is 0.0485 e. The lowest BCUT2D eigenvalue weighted by molar-refractivity contribution is 0.0904. The number of hydrogen-bond acceptors (Lipinski definition) is 2. The summed E-state index contributed by atoms with van der Waals surface area (Å²) in [5.41, 5.74) is 3.93. The topological polar surface area (TPSA) is 21.3 Å². The summed E-state index contributed by atoms with van der Waals surface area (Å²) in [4.78, 5) is 0. The van der Waals surface area contributed by atoms with Gasteiger partial charge in [-0.25, -0.2) is 0 Å². The molecule has 1 N–H and O–H groups in total. The van der Waals surface area contributed by atoms with Gasteiger partial charge in [0, 0.05) is 24.9 Å². The van der Waals surface area contributed by atoms with Crippen molar-refractivity contribution in [3.8, 4) is 0 Å². The summed E-state index contributed by atoms with van der Waals surface area (Å²) in [5, 5.41) is 3.60. The first-order chi connectivity index (χ1) is 7.25. The lowest BCUT2D eigenvalue weighted by atomic mass is 10.1. The monoisotopic (exact) mass is 205 g/mol. The van der Waals surface area contributed by atoms with Crippen LogP contribution in [-0.4, -0.2) is 19.3 Å². The molecule has 1 aliphatic heterocycles. The van der Waals surface area contributed by atoms with E-state index in [1.54, 1.807) is 0 Å². The zero-order valence-corrected chi connectivity index (χ0v) is 9.55. The first kappa shape index (κ1) is 10.5. The Kier molecular flexibility index (Phi) is 3.27. The Morgan fingerprint density at radius 3 is 2.60 bits per heavy atom. The second-order valence-corrected chi connectivity index (χ2v) is 4.35. The van der Waals surface area contributed by atoms with Crippen molar-refractivity contribution in [3.63, 3.8) is 0 Å². The lowest BCUT2D eigenvalue weighted by Gasteiger charge is -2.25. The van der Waals surface area contributed by atoms with Gasteiger partial charge in [-0.1, -0.05) is 17.7 Å². The normalized spacial score (nSPS) is 17.7. The van der Waals surface area contributed by atoms with E-state index in [9.17, 15) is 0 Å². The number of aryl methyl sites for hydroxylation is 2. The highest BCUT2D eigenvalue weighted by atomic mass is 16.5. The van der Waals surface area contributed by atoms with Crippen LogP contribution in [0.5, 0.6) is 0 Å². The molecule has 82 valence electrons. The molecule has 0 spiro atoms. The fourth-order valence-electron chi connectivity index (χ4n) is 2.04. The average Bonchev–Trinajstić information content (AvgIpc) is 2.24. The van der Waals surface area contributed by atoms with Crippen LogP contribution in [-0.2, 0) is 4.74 Å². The summed E-state index contributed by atoms with van der Waals surface area (Å²) in [7, 11) is 0. The van der Waals surface area contributed by atoms with E-state index in [0.717, 1.165) is 26.1 Å². The molecule has 0 unspecified atom stereocenters. The largest absolute Gasteiger partial charge is 0.382 e. The predicted octanol–water partition coefficient (Wildman–Crippen LogP) is 2.89. The number of nitrogens with one attached hydrogen (secondary N) is 1. The molecule has 1 fully saturated rings. The Balaban J connectivity index is 2.03. The van der Waals surface area contributed by atoms with E-state index in [1.807, 2.05) is 0 Å². The van der Waals surface area contributed by atoms with E-state index < -0.39 is 0 Å². The zero-order chi connectivity index (χ0) is 10.7. The maximum absolute atomic E-state index is 5.35. The van der Waals surface area contributed by atoms with Gasteiger partial charge in [-0.15, -0.1) is 0 Å². The van der Waals surface area contributed by atoms with Gasteiger partial charge in [-0.2, -0.15) is 0 Å². The Hall–Kier alpha value is -1.02. The first-order valence-electron chi connectivity index (χ1n) is 5.67. The minimum atomic E-state index is 0.583. The molecule has 0 aromatic heterocycles. The molecule has 2 nitrogen and oxygen atoms in total. The van der Waals surface area contributed by atoms with E-state index in [-0.39, 0.29) is 0 Å². The van der Waals surface area contributed by atoms with Gasteiger partial charge in [0.1, 0.15) is 0 Å². The van der Waals surface area contributed by atoms with Crippen molar-refractivity contribution in [2.24, 2.45) is 0 Å². The summed E-state index contributed by atoms with van der Waals surface area (Å²) in [6.45, 7) is 6.07. The second kappa shape index (κ2) is 4.67. The predicted molar refractivity (Wildman–Crippen MR) is 63.4 cm³/mol. The van der Waals surface area contributed by atoms with E-state index in [4.69, 9.17) is 4.74 Å². The Morgan fingerprint density at radius 1 is 1.20 bits per heavy atom. The molecule has 15 heavy (non-hydrogen) atoms. The number of rotatable bonds is 2. The van der Waals surface area contributed by atoms with Crippen molar-refractivity contribution in [3.05, 3.63) is 29.3 Å². The molecule has 2 heteroatoms. The van der Waals surface area contributed by atoms with E-state index in [0.29, 0.717) is 6.04 Å². The zero-order valence-electron chi connectivity index (χ0n) is 9.55. The number of anilines is 1. The highest BCUT2D eigenvalue weighted by Gasteiger charge is 2.13. The third kappa shape index (κ3) is 2.72. The molecule has 1 aliphatic rings. The van der Waals surface area contributed by atoms with E-state index in [1.165, 1.54) is 16.8 Å². The molecule has 0 saturated carbocycles. The van der Waals surface area contributed by atoms with Crippen LogP contribution in [0.25, 0.3) is 0 Å². The molecule has 0 bridgehead atoms. The van der Waals surface area contributed by atoms with Crippen molar-refractivity contribution >= 4 is 5.69 Å². The van der Waals surface area contributed by atoms with Gasteiger partial charge in [0.2, 0.25) is 0 Å². The Bertz CT molecular complexity index is 329. The molecular formula is C13H19NO. The van der Waals surface area contributed by atoms with Gasteiger partial charge in [0.15, 0.2) is 0 Å². The quantitative estimate of drug-likeness (QED) is 0.801. The first-order valence-corrected chi connectivity index (χ1v) is 5.67. The van der Waals surface area contributed by atoms with Crippen LogP contribution < -0.4 is 5.32 Å². The summed E-state index contributed by atoms with van der Waals surface area (Å²) in [6, 6.07) is 7.15. The molecule has 0 radical (unpaired) electrons. The smallest absolute Gasteiger partial charge is 0.0485 e. The van der Waals surface area contributed by atoms with Crippen molar-refractivity contribution < 1.29 is 4.74 Å². The molecule has 1 saturated heterocycles. The standard InChI is InChI=1S/C13H19NO/c1-10-3-4-13(11(2)9-10)14-12-5-7-15-8-6-12/h3-4,9,12,14H,5-8H2,1-2H3. The van der Waals surface area contributed by atoms with Crippen molar-refractivity contribution in [2.45, 2.75) is 32.7 Å². The molecule has 0 aliphatic carbocycles. The fraction of sp³-hybridized carbons (Fsp3) is 0.538. The van der Waals surface area contributed by atoms with Crippen LogP contribution >= 0.6 is 0 Å². The summed E-state index contributed by atoms with van der Waals surface area (Å²) in [5.74, 6) is 0. The second-order valence-electron chi connectivity index (χ2n) is 4.35. The highest BCUT2D eigenvalue weighted by molar-refractivity contribution is 5.52. The molecule has 1 aromatic rings. The van der Waals surface area contributed by atoms with Crippen LogP contribution in [0.1, 0.15) is 24.0 Å². The van der Waals surface area contributed by atoms with Crippen LogP contribution in [0.15, 0.2) is 18.2 Å². The van der Waals surface area contributed by atoms with Crippen molar-refractivity contribution in [2.75, 3.05) is 18.5 Å². The molecule has 2 rings (SSSR count). The number of hydrogen-bond donors (Lipinski definition) is 1. The van der Waals surface area contributed by atoms with Crippen molar-refractivity contribution in [1.82, 2.24) is 0 Å². The SMILES string of the molecule is Cc1ccc(NC2CCOCC2)c(C)c1. The summed E-state index contributed by atoms with van der Waals surface area (Å²) in [6.07, 6.45) is 2.24. The number of ether oxygens (including phenoxy) is 1. The molecule has 1 aromatic carbocycles. The molecule has 0 atom stereocenters. The van der Waals surface area contributed by atoms with Gasteiger partial charge in [0.05, 0.1) is 0 Å². The maximum atomic E-state index is 5.35. The van der Waals surface area contributed by atoms with Gasteiger partial charge in [-0.3, -0.25) is 0 Å². The van der Waals surface area contributed by atoms with Gasteiger partial charge in [-0.05, 0) is 38.3 Å². The Morgan fingerprint density at radius 2 is 1.93 bits per heavy atom. The minimum Gasteiger partial charge on any atom is -0.382 e. The van der Waals surface area contributed by atoms with Crippen LogP contribution in [0, 0.1) is 13.8 Å². The lowest BCUT2D eigenvalue weighted by Crippen LogP contribution is -2.28. The highest BCUT2D eigenvalue weighted by Crippen LogP contribution is 2.19. The van der Waals surface area contributed by atoms with Crippen LogP contribution in [0.2, 0.25) is 0 Å². The molecule has 0 amide bonds. The third-order valence-corrected chi connectivity index (χ3v) is 2.96. The summed E-state index contributed by atoms with van der Waals surface area (Å²) < 4.78 is 5.35. The van der Waals surface area contributed by atoms with Crippen molar-refractivity contribution in [1.29, 1.82) is 0 Å². The van der Waals surface area contributed by atoms with E-state index >= 15 is 0 Å². The molecular weight excluding hydrogens is 186 g/mol. The summed E-state index contributed by atoms with van der Waals surface area (Å²) >= 11 is 0. The third-order valence-electron chi connectivity index (χ3n) is 2.96. The van der Waals surface area contributed by atoms with Gasteiger partial charge >= 0.3 is 0 Å². The van der Waals surface area contributed by atoms with Crippen LogP contribution in [0.4, 0.5) is 5.69 Å². The average molecular weight is 205 g/mol. The molecule has 1 heterocycles. The van der Waals surface area contributed by atoms with Crippen LogP contribution in [0.3, 0.4) is 0 Å². The number of benzene rings is 1. The minimum absolute atomic E-state index is 0.583. The Labute approximate surface area is 91.6 Å². The van der Waals surface area contributed by atoms with Gasteiger partial charge < -0.3 is 10.1 Å². The van der Waals surface area contributed by atoms with Gasteiger partial charge in [0.25, 0.3) is 0 Å².